The number of nitrogens with zero attached hydrogens (tertiary/aromatic N) is 1. The molecule has 0 aromatic rings. The van der Waals surface area contributed by atoms with E-state index in [1.165, 1.54) is 0 Å². The monoisotopic (exact) mass is 176 g/mol. The Labute approximate surface area is 69.6 Å². The Bertz CT molecular complexity index is 167. The van der Waals surface area contributed by atoms with Crippen molar-refractivity contribution in [2.75, 3.05) is 13.5 Å². The third-order valence-electron chi connectivity index (χ3n) is 1.28. The van der Waals surface area contributed by atoms with E-state index >= 15 is 0 Å². The van der Waals surface area contributed by atoms with Gasteiger partial charge in [-0.2, -0.15) is 0 Å². The largest absolute Gasteiger partial charge is 0.376 e. The maximum Gasteiger partial charge on any atom is 0.226 e. The number of rotatable bonds is 5. The number of primary amides is 1. The highest BCUT2D eigenvalue weighted by Crippen LogP contribution is 1.95. The summed E-state index contributed by atoms with van der Waals surface area (Å²) in [6.45, 7) is -1.12. The molecule has 12 heavy (non-hydrogen) atoms. The number of hydrogen-bond donors (Lipinski definition) is 3. The van der Waals surface area contributed by atoms with Crippen LogP contribution in [0.1, 0.15) is 12.8 Å². The molecule has 0 aromatic carbocycles. The molecule has 0 aliphatic rings. The zero-order valence-corrected chi connectivity index (χ0v) is 6.56. The molecule has 2 amide bonds. The molecule has 0 atom stereocenters. The molecule has 70 valence electrons. The lowest BCUT2D eigenvalue weighted by Gasteiger charge is -2.15. The molecule has 0 aliphatic heterocycles. The fourth-order valence-electron chi connectivity index (χ4n) is 0.591. The maximum absolute atomic E-state index is 10.9. The lowest BCUT2D eigenvalue weighted by Crippen LogP contribution is -2.33. The molecular formula is C6H12N2O4. The lowest BCUT2D eigenvalue weighted by atomic mass is 10.3. The Morgan fingerprint density at radius 3 is 2.00 bits per heavy atom. The molecule has 0 radical (unpaired) electrons. The third kappa shape index (κ3) is 3.89. The molecule has 0 rings (SSSR count). The summed E-state index contributed by atoms with van der Waals surface area (Å²) >= 11 is 0. The average molecular weight is 176 g/mol. The van der Waals surface area contributed by atoms with Gasteiger partial charge in [-0.3, -0.25) is 14.5 Å². The first-order chi connectivity index (χ1) is 5.61. The smallest absolute Gasteiger partial charge is 0.226 e. The predicted octanol–water partition coefficient (Wildman–Crippen LogP) is -2.02. The van der Waals surface area contributed by atoms with Crippen molar-refractivity contribution in [1.29, 1.82) is 0 Å². The average Bonchev–Trinajstić information content (AvgIpc) is 2.03. The molecule has 0 heterocycles. The summed E-state index contributed by atoms with van der Waals surface area (Å²) in [5, 5.41) is 17.0. The second kappa shape index (κ2) is 5.50. The fourth-order valence-corrected chi connectivity index (χ4v) is 0.591. The minimum absolute atomic E-state index is 0.0741. The van der Waals surface area contributed by atoms with E-state index in [0.29, 0.717) is 0 Å². The summed E-state index contributed by atoms with van der Waals surface area (Å²) in [5.74, 6) is -1.09. The van der Waals surface area contributed by atoms with Gasteiger partial charge in [-0.25, -0.2) is 0 Å². The van der Waals surface area contributed by atoms with Crippen LogP contribution in [-0.4, -0.2) is 40.4 Å². The Morgan fingerprint density at radius 1 is 1.17 bits per heavy atom. The van der Waals surface area contributed by atoms with Gasteiger partial charge in [0.1, 0.15) is 13.5 Å². The first-order valence-corrected chi connectivity index (χ1v) is 3.39. The zero-order chi connectivity index (χ0) is 9.56. The summed E-state index contributed by atoms with van der Waals surface area (Å²) < 4.78 is 0. The summed E-state index contributed by atoms with van der Waals surface area (Å²) in [5.41, 5.74) is 4.79. The summed E-state index contributed by atoms with van der Waals surface area (Å²) in [7, 11) is 0. The van der Waals surface area contributed by atoms with Gasteiger partial charge in [0, 0.05) is 12.8 Å². The van der Waals surface area contributed by atoms with Crippen LogP contribution in [0.15, 0.2) is 0 Å². The fraction of sp³-hybridized carbons (Fsp3) is 0.667. The van der Waals surface area contributed by atoms with Crippen molar-refractivity contribution in [2.24, 2.45) is 5.73 Å². The highest BCUT2D eigenvalue weighted by molar-refractivity contribution is 5.82. The molecule has 6 heteroatoms. The van der Waals surface area contributed by atoms with Crippen LogP contribution in [0.5, 0.6) is 0 Å². The van der Waals surface area contributed by atoms with Gasteiger partial charge in [-0.1, -0.05) is 0 Å². The molecule has 6 nitrogen and oxygen atoms in total. The minimum atomic E-state index is -0.584. The van der Waals surface area contributed by atoms with E-state index < -0.39 is 25.3 Å². The molecule has 0 aromatic heterocycles. The Morgan fingerprint density at radius 2 is 1.67 bits per heavy atom. The van der Waals surface area contributed by atoms with Gasteiger partial charge in [0.25, 0.3) is 0 Å². The first-order valence-electron chi connectivity index (χ1n) is 3.39. The van der Waals surface area contributed by atoms with Gasteiger partial charge in [0.2, 0.25) is 11.8 Å². The van der Waals surface area contributed by atoms with Crippen LogP contribution in [0.25, 0.3) is 0 Å². The van der Waals surface area contributed by atoms with Crippen molar-refractivity contribution in [1.82, 2.24) is 4.90 Å². The van der Waals surface area contributed by atoms with Crippen molar-refractivity contribution in [3.8, 4) is 0 Å². The van der Waals surface area contributed by atoms with Crippen molar-refractivity contribution < 1.29 is 19.8 Å². The van der Waals surface area contributed by atoms with E-state index in [1.807, 2.05) is 0 Å². The predicted molar refractivity (Wildman–Crippen MR) is 39.4 cm³/mol. The number of hydrogen-bond acceptors (Lipinski definition) is 4. The van der Waals surface area contributed by atoms with Crippen LogP contribution >= 0.6 is 0 Å². The molecule has 0 bridgehead atoms. The van der Waals surface area contributed by atoms with Crippen LogP contribution in [0.2, 0.25) is 0 Å². The van der Waals surface area contributed by atoms with E-state index in [4.69, 9.17) is 15.9 Å². The van der Waals surface area contributed by atoms with Crippen LogP contribution in [0.4, 0.5) is 0 Å². The van der Waals surface area contributed by atoms with Crippen molar-refractivity contribution in [3.05, 3.63) is 0 Å². The summed E-state index contributed by atoms with van der Waals surface area (Å²) in [4.78, 5) is 21.9. The lowest BCUT2D eigenvalue weighted by molar-refractivity contribution is -0.140. The SMILES string of the molecule is NC(=O)CCC(=O)N(CO)CO. The highest BCUT2D eigenvalue weighted by atomic mass is 16.3. The molecule has 0 saturated carbocycles. The van der Waals surface area contributed by atoms with E-state index in [-0.39, 0.29) is 12.8 Å². The van der Waals surface area contributed by atoms with Crippen molar-refractivity contribution >= 4 is 11.8 Å². The second-order valence-electron chi connectivity index (χ2n) is 2.18. The molecular weight excluding hydrogens is 164 g/mol. The van der Waals surface area contributed by atoms with Gasteiger partial charge < -0.3 is 15.9 Å². The molecule has 0 aliphatic carbocycles. The van der Waals surface area contributed by atoms with Crippen molar-refractivity contribution in [3.63, 3.8) is 0 Å². The standard InChI is InChI=1S/C6H12N2O4/c7-5(11)1-2-6(12)8(3-9)4-10/h9-10H,1-4H2,(H2,7,11). The molecule has 0 spiro atoms. The Kier molecular flexibility index (Phi) is 4.98. The van der Waals surface area contributed by atoms with Crippen LogP contribution in [-0.2, 0) is 9.59 Å². The third-order valence-corrected chi connectivity index (χ3v) is 1.28. The maximum atomic E-state index is 10.9. The van der Waals surface area contributed by atoms with Crippen LogP contribution in [0.3, 0.4) is 0 Å². The van der Waals surface area contributed by atoms with Gasteiger partial charge >= 0.3 is 0 Å². The van der Waals surface area contributed by atoms with Gasteiger partial charge in [-0.15, -0.1) is 0 Å². The van der Waals surface area contributed by atoms with Gasteiger partial charge in [0.05, 0.1) is 0 Å². The Balaban J connectivity index is 3.77. The molecule has 0 saturated heterocycles. The van der Waals surface area contributed by atoms with E-state index in [0.717, 1.165) is 4.90 Å². The first kappa shape index (κ1) is 10.9. The highest BCUT2D eigenvalue weighted by Gasteiger charge is 2.11. The van der Waals surface area contributed by atoms with Crippen LogP contribution in [0, 0.1) is 0 Å². The number of nitrogens with two attached hydrogens (primary N) is 1. The van der Waals surface area contributed by atoms with Crippen molar-refractivity contribution in [2.45, 2.75) is 12.8 Å². The summed E-state index contributed by atoms with van der Waals surface area (Å²) in [6, 6.07) is 0. The number of aliphatic hydroxyl groups is 2. The van der Waals surface area contributed by atoms with Crippen LogP contribution < -0.4 is 5.73 Å². The van der Waals surface area contributed by atoms with Gasteiger partial charge in [-0.05, 0) is 0 Å². The number of aliphatic hydroxyl groups excluding tert-OH is 2. The molecule has 4 N–H and O–H groups in total. The van der Waals surface area contributed by atoms with Gasteiger partial charge in [0.15, 0.2) is 0 Å². The number of carbonyl (C=O) groups excluding carboxylic acids is 2. The quantitative estimate of drug-likeness (QED) is 0.420. The minimum Gasteiger partial charge on any atom is -0.376 e. The normalized spacial score (nSPS) is 9.50. The molecule has 0 fully saturated rings. The summed E-state index contributed by atoms with van der Waals surface area (Å²) in [6.07, 6.45) is -0.161. The Hall–Kier alpha value is -1.14. The number of amides is 2. The van der Waals surface area contributed by atoms with E-state index in [1.54, 1.807) is 0 Å². The zero-order valence-electron chi connectivity index (χ0n) is 6.56. The molecule has 0 unspecified atom stereocenters. The van der Waals surface area contributed by atoms with E-state index in [9.17, 15) is 9.59 Å². The van der Waals surface area contributed by atoms with E-state index in [2.05, 4.69) is 0 Å². The number of carbonyl (C=O) groups is 2. The topological polar surface area (TPSA) is 104 Å². The second-order valence-corrected chi connectivity index (χ2v) is 2.18.